The van der Waals surface area contributed by atoms with Gasteiger partial charge in [-0.15, -0.1) is 0 Å². The normalized spacial score (nSPS) is 20.6. The summed E-state index contributed by atoms with van der Waals surface area (Å²) in [5, 5.41) is 0. The van der Waals surface area contributed by atoms with Gasteiger partial charge in [0.2, 0.25) is 5.91 Å². The number of carbonyl (C=O) groups excluding carboxylic acids is 1. The lowest BCUT2D eigenvalue weighted by Gasteiger charge is -2.37. The SMILES string of the molecule is O=C(Cn1ccc(=O)[nH]c1=O)N1CCCOc2cccc(c2)CCC2CCCCN2CC1. The zero-order valence-electron chi connectivity index (χ0n) is 18.5. The van der Waals surface area contributed by atoms with E-state index >= 15 is 0 Å². The van der Waals surface area contributed by atoms with Crippen molar-refractivity contribution in [2.75, 3.05) is 32.8 Å². The summed E-state index contributed by atoms with van der Waals surface area (Å²) in [6.45, 7) is 3.53. The molecule has 1 fully saturated rings. The van der Waals surface area contributed by atoms with Gasteiger partial charge in [-0.25, -0.2) is 4.79 Å². The summed E-state index contributed by atoms with van der Waals surface area (Å²) in [5.74, 6) is 0.750. The van der Waals surface area contributed by atoms with Gasteiger partial charge in [-0.2, -0.15) is 0 Å². The van der Waals surface area contributed by atoms with Gasteiger partial charge in [-0.1, -0.05) is 18.6 Å². The monoisotopic (exact) mass is 440 g/mol. The molecule has 4 rings (SSSR count). The summed E-state index contributed by atoms with van der Waals surface area (Å²) in [6, 6.07) is 10.1. The minimum Gasteiger partial charge on any atom is -0.494 e. The van der Waals surface area contributed by atoms with Gasteiger partial charge in [0, 0.05) is 37.9 Å². The smallest absolute Gasteiger partial charge is 0.328 e. The molecule has 2 aromatic rings. The number of H-pyrrole nitrogens is 1. The lowest BCUT2D eigenvalue weighted by atomic mass is 9.95. The number of aromatic nitrogens is 2. The Bertz CT molecular complexity index is 1030. The summed E-state index contributed by atoms with van der Waals surface area (Å²) in [4.78, 5) is 43.0. The van der Waals surface area contributed by atoms with Gasteiger partial charge in [-0.3, -0.25) is 24.0 Å². The number of rotatable bonds is 2. The molecule has 1 amide bonds. The van der Waals surface area contributed by atoms with Crippen molar-refractivity contribution < 1.29 is 9.53 Å². The van der Waals surface area contributed by atoms with Crippen LogP contribution in [0.2, 0.25) is 0 Å². The maximum absolute atomic E-state index is 13.1. The Morgan fingerprint density at radius 1 is 1.03 bits per heavy atom. The Hall–Kier alpha value is -2.87. The van der Waals surface area contributed by atoms with E-state index in [2.05, 4.69) is 22.0 Å². The molecule has 0 aliphatic carbocycles. The van der Waals surface area contributed by atoms with E-state index in [1.165, 1.54) is 41.7 Å². The van der Waals surface area contributed by atoms with E-state index in [4.69, 9.17) is 4.74 Å². The van der Waals surface area contributed by atoms with Crippen molar-refractivity contribution >= 4 is 5.91 Å². The topological polar surface area (TPSA) is 87.6 Å². The van der Waals surface area contributed by atoms with Crippen LogP contribution < -0.4 is 16.0 Å². The Kier molecular flexibility index (Phi) is 7.42. The fourth-order valence-electron chi connectivity index (χ4n) is 4.68. The lowest BCUT2D eigenvalue weighted by Crippen LogP contribution is -2.46. The molecule has 1 aromatic heterocycles. The number of carbonyl (C=O) groups is 1. The van der Waals surface area contributed by atoms with Crippen LogP contribution in [0.1, 0.15) is 37.7 Å². The number of piperidine rings is 1. The van der Waals surface area contributed by atoms with Crippen molar-refractivity contribution in [3.05, 3.63) is 62.9 Å². The number of amides is 1. The highest BCUT2D eigenvalue weighted by molar-refractivity contribution is 5.76. The molecule has 8 nitrogen and oxygen atoms in total. The van der Waals surface area contributed by atoms with Gasteiger partial charge in [0.1, 0.15) is 12.3 Å². The third kappa shape index (κ3) is 5.88. The molecule has 1 atom stereocenters. The van der Waals surface area contributed by atoms with Crippen molar-refractivity contribution in [2.24, 2.45) is 0 Å². The molecule has 1 aromatic carbocycles. The fraction of sp³-hybridized carbons (Fsp3) is 0.542. The number of aromatic amines is 1. The molecule has 1 N–H and O–H groups in total. The first-order valence-electron chi connectivity index (χ1n) is 11.6. The number of fused-ring (bicyclic) bond motifs is 3. The van der Waals surface area contributed by atoms with E-state index in [9.17, 15) is 14.4 Å². The predicted octanol–water partition coefficient (Wildman–Crippen LogP) is 1.64. The second-order valence-corrected chi connectivity index (χ2v) is 8.69. The second kappa shape index (κ2) is 10.6. The van der Waals surface area contributed by atoms with Gasteiger partial charge in [-0.05, 0) is 56.3 Å². The van der Waals surface area contributed by atoms with Crippen molar-refractivity contribution in [1.29, 1.82) is 0 Å². The zero-order chi connectivity index (χ0) is 22.3. The molecule has 1 unspecified atom stereocenters. The lowest BCUT2D eigenvalue weighted by molar-refractivity contribution is -0.132. The first kappa shape index (κ1) is 22.3. The van der Waals surface area contributed by atoms with E-state index in [-0.39, 0.29) is 12.5 Å². The molecule has 0 spiro atoms. The molecule has 2 aliphatic rings. The molecule has 32 heavy (non-hydrogen) atoms. The number of hydrogen-bond donors (Lipinski definition) is 1. The first-order chi connectivity index (χ1) is 15.6. The minimum absolute atomic E-state index is 0.0814. The van der Waals surface area contributed by atoms with Gasteiger partial charge in [0.05, 0.1) is 6.61 Å². The maximum Gasteiger partial charge on any atom is 0.328 e. The van der Waals surface area contributed by atoms with Gasteiger partial charge in [0.25, 0.3) is 5.56 Å². The van der Waals surface area contributed by atoms with Gasteiger partial charge in [0.15, 0.2) is 0 Å². The van der Waals surface area contributed by atoms with Gasteiger partial charge >= 0.3 is 5.69 Å². The van der Waals surface area contributed by atoms with Crippen LogP contribution in [0.3, 0.4) is 0 Å². The minimum atomic E-state index is -0.563. The highest BCUT2D eigenvalue weighted by Crippen LogP contribution is 2.23. The number of ether oxygens (including phenoxy) is 1. The molecule has 0 radical (unpaired) electrons. The third-order valence-corrected chi connectivity index (χ3v) is 6.47. The van der Waals surface area contributed by atoms with Crippen LogP contribution in [0.5, 0.6) is 5.75 Å². The molecule has 2 aliphatic heterocycles. The molecule has 3 heterocycles. The second-order valence-electron chi connectivity index (χ2n) is 8.69. The van der Waals surface area contributed by atoms with Crippen LogP contribution >= 0.6 is 0 Å². The summed E-state index contributed by atoms with van der Waals surface area (Å²) in [6.07, 6.45) is 7.85. The summed E-state index contributed by atoms with van der Waals surface area (Å²) in [7, 11) is 0. The van der Waals surface area contributed by atoms with Crippen molar-refractivity contribution in [1.82, 2.24) is 19.4 Å². The van der Waals surface area contributed by atoms with Crippen LogP contribution in [0.15, 0.2) is 46.1 Å². The van der Waals surface area contributed by atoms with E-state index in [1.54, 1.807) is 0 Å². The van der Waals surface area contributed by atoms with Crippen molar-refractivity contribution in [3.8, 4) is 5.75 Å². The largest absolute Gasteiger partial charge is 0.494 e. The Morgan fingerprint density at radius 3 is 2.81 bits per heavy atom. The highest BCUT2D eigenvalue weighted by Gasteiger charge is 2.24. The number of aryl methyl sites for hydroxylation is 1. The van der Waals surface area contributed by atoms with Crippen LogP contribution in [0.4, 0.5) is 0 Å². The summed E-state index contributed by atoms with van der Waals surface area (Å²) in [5.41, 5.74) is 0.287. The van der Waals surface area contributed by atoms with Crippen molar-refractivity contribution in [3.63, 3.8) is 0 Å². The Labute approximate surface area is 187 Å². The summed E-state index contributed by atoms with van der Waals surface area (Å²) >= 11 is 0. The van der Waals surface area contributed by atoms with E-state index in [1.807, 2.05) is 17.0 Å². The van der Waals surface area contributed by atoms with E-state index in [0.29, 0.717) is 32.2 Å². The predicted molar refractivity (Wildman–Crippen MR) is 122 cm³/mol. The average molecular weight is 441 g/mol. The van der Waals surface area contributed by atoms with Crippen LogP contribution in [0.25, 0.3) is 0 Å². The number of nitrogens with one attached hydrogen (secondary N) is 1. The Morgan fingerprint density at radius 2 is 1.94 bits per heavy atom. The number of nitrogens with zero attached hydrogens (tertiary/aromatic N) is 3. The standard InChI is InChI=1S/C24H32N4O4/c29-22-10-13-28(24(31)25-22)18-23(30)27-12-4-16-32-21-7-3-5-19(17-21)8-9-20-6-1-2-11-26(20)14-15-27/h3,5,7,10,13,17,20H,1-2,4,6,8-9,11-12,14-16,18H2,(H,25,29,31). The molecule has 1 saturated heterocycles. The van der Waals surface area contributed by atoms with Crippen LogP contribution in [-0.4, -0.2) is 64.1 Å². The number of benzene rings is 1. The average Bonchev–Trinajstić information content (AvgIpc) is 2.79. The van der Waals surface area contributed by atoms with E-state index < -0.39 is 11.2 Å². The van der Waals surface area contributed by atoms with E-state index in [0.717, 1.165) is 31.7 Å². The zero-order valence-corrected chi connectivity index (χ0v) is 18.5. The molecular formula is C24H32N4O4. The fourth-order valence-corrected chi connectivity index (χ4v) is 4.68. The number of hydrogen-bond acceptors (Lipinski definition) is 5. The van der Waals surface area contributed by atoms with Crippen LogP contribution in [-0.2, 0) is 17.8 Å². The molecular weight excluding hydrogens is 408 g/mol. The maximum atomic E-state index is 13.1. The van der Waals surface area contributed by atoms with Crippen LogP contribution in [0, 0.1) is 0 Å². The quantitative estimate of drug-likeness (QED) is 0.767. The van der Waals surface area contributed by atoms with Crippen molar-refractivity contribution in [2.45, 2.75) is 51.1 Å². The molecule has 8 heteroatoms. The molecule has 172 valence electrons. The van der Waals surface area contributed by atoms with Gasteiger partial charge < -0.3 is 9.64 Å². The third-order valence-electron chi connectivity index (χ3n) is 6.47. The molecule has 2 bridgehead atoms. The summed E-state index contributed by atoms with van der Waals surface area (Å²) < 4.78 is 7.18. The first-order valence-corrected chi connectivity index (χ1v) is 11.6. The molecule has 0 saturated carbocycles. The highest BCUT2D eigenvalue weighted by atomic mass is 16.5. The Balaban J connectivity index is 1.49.